The topological polar surface area (TPSA) is 38.7 Å². The Morgan fingerprint density at radius 2 is 1.00 bits per heavy atom. The third-order valence-corrected chi connectivity index (χ3v) is 5.72. The van der Waals surface area contributed by atoms with Crippen molar-refractivity contribution in [3.63, 3.8) is 0 Å². The van der Waals surface area contributed by atoms with Crippen LogP contribution < -0.4 is 0 Å². The number of aliphatic hydroxyl groups excluding tert-OH is 1. The molecule has 0 aromatic carbocycles. The summed E-state index contributed by atoms with van der Waals surface area (Å²) in [7, 11) is 0. The highest BCUT2D eigenvalue weighted by Gasteiger charge is 2.09. The molecule has 28 heavy (non-hydrogen) atoms. The quantitative estimate of drug-likeness (QED) is 0.151. The first kappa shape index (κ1) is 27.9. The molecule has 170 valence electrons. The molecule has 0 radical (unpaired) electrons. The van der Waals surface area contributed by atoms with Crippen molar-refractivity contribution in [2.75, 3.05) is 19.8 Å². The van der Waals surface area contributed by atoms with Crippen molar-refractivity contribution in [3.05, 3.63) is 0 Å². The monoisotopic (exact) mass is 400 g/mol. The van der Waals surface area contributed by atoms with E-state index in [4.69, 9.17) is 9.47 Å². The summed E-state index contributed by atoms with van der Waals surface area (Å²) in [5, 5.41) is 9.21. The number of rotatable bonds is 22. The van der Waals surface area contributed by atoms with Crippen LogP contribution in [0.2, 0.25) is 0 Å². The van der Waals surface area contributed by atoms with Crippen LogP contribution in [0.4, 0.5) is 0 Å². The highest BCUT2D eigenvalue weighted by molar-refractivity contribution is 4.55. The Labute approximate surface area is 177 Å². The maximum Gasteiger partial charge on any atom is 0.159 e. The van der Waals surface area contributed by atoms with Crippen LogP contribution in [0.1, 0.15) is 124 Å². The van der Waals surface area contributed by atoms with E-state index in [9.17, 15) is 5.11 Å². The van der Waals surface area contributed by atoms with Gasteiger partial charge in [0.05, 0.1) is 0 Å². The van der Waals surface area contributed by atoms with Gasteiger partial charge in [-0.3, -0.25) is 0 Å². The molecule has 3 nitrogen and oxygen atoms in total. The normalized spacial score (nSPS) is 14.9. The second-order valence-corrected chi connectivity index (χ2v) is 8.88. The van der Waals surface area contributed by atoms with Gasteiger partial charge in [-0.15, -0.1) is 0 Å². The molecule has 0 saturated carbocycles. The maximum absolute atomic E-state index is 9.21. The zero-order valence-electron chi connectivity index (χ0n) is 19.7. The SMILES string of the molecule is CCCC(C)CCCCCCOC(CCO)OCCCCCCC(C)CCC. The lowest BCUT2D eigenvalue weighted by Crippen LogP contribution is -2.20. The van der Waals surface area contributed by atoms with Crippen molar-refractivity contribution in [2.45, 2.75) is 130 Å². The van der Waals surface area contributed by atoms with Gasteiger partial charge in [0.15, 0.2) is 6.29 Å². The average molecular weight is 401 g/mol. The molecule has 0 saturated heterocycles. The van der Waals surface area contributed by atoms with Crippen LogP contribution in [-0.4, -0.2) is 31.2 Å². The predicted octanol–water partition coefficient (Wildman–Crippen LogP) is 7.50. The predicted molar refractivity (Wildman–Crippen MR) is 122 cm³/mol. The number of aliphatic hydroxyl groups is 1. The van der Waals surface area contributed by atoms with E-state index >= 15 is 0 Å². The molecule has 0 amide bonds. The summed E-state index contributed by atoms with van der Waals surface area (Å²) in [6.07, 6.45) is 18.4. The van der Waals surface area contributed by atoms with E-state index in [0.717, 1.165) is 37.9 Å². The fourth-order valence-corrected chi connectivity index (χ4v) is 3.92. The maximum atomic E-state index is 9.21. The minimum atomic E-state index is -0.223. The second-order valence-electron chi connectivity index (χ2n) is 8.88. The Kier molecular flexibility index (Phi) is 21.5. The van der Waals surface area contributed by atoms with Crippen molar-refractivity contribution in [1.29, 1.82) is 0 Å². The fourth-order valence-electron chi connectivity index (χ4n) is 3.92. The molecule has 0 heterocycles. The summed E-state index contributed by atoms with van der Waals surface area (Å²) in [6, 6.07) is 0. The van der Waals surface area contributed by atoms with E-state index in [1.807, 2.05) is 0 Å². The van der Waals surface area contributed by atoms with Gasteiger partial charge in [0.2, 0.25) is 0 Å². The van der Waals surface area contributed by atoms with Gasteiger partial charge in [0, 0.05) is 26.2 Å². The van der Waals surface area contributed by atoms with E-state index < -0.39 is 0 Å². The van der Waals surface area contributed by atoms with Gasteiger partial charge in [-0.25, -0.2) is 0 Å². The average Bonchev–Trinajstić information content (AvgIpc) is 2.66. The third kappa shape index (κ3) is 19.2. The Morgan fingerprint density at radius 1 is 0.571 bits per heavy atom. The summed E-state index contributed by atoms with van der Waals surface area (Å²) >= 11 is 0. The van der Waals surface area contributed by atoms with Crippen LogP contribution in [0.5, 0.6) is 0 Å². The molecule has 0 aliphatic rings. The molecule has 2 atom stereocenters. The van der Waals surface area contributed by atoms with Crippen LogP contribution in [0.3, 0.4) is 0 Å². The van der Waals surface area contributed by atoms with Crippen LogP contribution in [-0.2, 0) is 9.47 Å². The van der Waals surface area contributed by atoms with Crippen LogP contribution >= 0.6 is 0 Å². The minimum absolute atomic E-state index is 0.134. The summed E-state index contributed by atoms with van der Waals surface area (Å²) in [6.45, 7) is 10.9. The van der Waals surface area contributed by atoms with E-state index in [1.165, 1.54) is 77.0 Å². The van der Waals surface area contributed by atoms with Gasteiger partial charge in [0.1, 0.15) is 0 Å². The van der Waals surface area contributed by atoms with Crippen LogP contribution in [0.15, 0.2) is 0 Å². The number of hydrogen-bond acceptors (Lipinski definition) is 3. The van der Waals surface area contributed by atoms with Gasteiger partial charge in [-0.05, 0) is 24.7 Å². The van der Waals surface area contributed by atoms with Gasteiger partial charge >= 0.3 is 0 Å². The summed E-state index contributed by atoms with van der Waals surface area (Å²) in [5.41, 5.74) is 0. The molecule has 0 aromatic rings. The van der Waals surface area contributed by atoms with Crippen LogP contribution in [0.25, 0.3) is 0 Å². The van der Waals surface area contributed by atoms with Crippen molar-refractivity contribution >= 4 is 0 Å². The molecule has 0 aliphatic carbocycles. The van der Waals surface area contributed by atoms with Crippen molar-refractivity contribution in [3.8, 4) is 0 Å². The Bertz CT molecular complexity index is 270. The molecular weight excluding hydrogens is 348 g/mol. The van der Waals surface area contributed by atoms with E-state index in [0.29, 0.717) is 6.42 Å². The third-order valence-electron chi connectivity index (χ3n) is 5.72. The first-order chi connectivity index (χ1) is 13.6. The molecule has 0 aliphatic heterocycles. The lowest BCUT2D eigenvalue weighted by atomic mass is 9.98. The van der Waals surface area contributed by atoms with Crippen molar-refractivity contribution < 1.29 is 14.6 Å². The number of hydrogen-bond donors (Lipinski definition) is 1. The molecule has 1 N–H and O–H groups in total. The summed E-state index contributed by atoms with van der Waals surface area (Å²) in [4.78, 5) is 0. The molecule has 3 heteroatoms. The van der Waals surface area contributed by atoms with Crippen LogP contribution in [0, 0.1) is 11.8 Å². The zero-order valence-corrected chi connectivity index (χ0v) is 19.7. The highest BCUT2D eigenvalue weighted by atomic mass is 16.7. The minimum Gasteiger partial charge on any atom is -0.396 e. The largest absolute Gasteiger partial charge is 0.396 e. The lowest BCUT2D eigenvalue weighted by molar-refractivity contribution is -0.151. The van der Waals surface area contributed by atoms with Gasteiger partial charge < -0.3 is 14.6 Å². The Hall–Kier alpha value is -0.120. The lowest BCUT2D eigenvalue weighted by Gasteiger charge is -2.18. The number of unbranched alkanes of at least 4 members (excludes halogenated alkanes) is 6. The number of ether oxygens (including phenoxy) is 2. The molecule has 0 aromatic heterocycles. The van der Waals surface area contributed by atoms with E-state index in [2.05, 4.69) is 27.7 Å². The standard InChI is InChI=1S/C25H52O3/c1-5-15-23(3)17-11-7-9-13-21-27-25(19-20-26)28-22-14-10-8-12-18-24(4)16-6-2/h23-26H,5-22H2,1-4H3. The molecule has 0 fully saturated rings. The smallest absolute Gasteiger partial charge is 0.159 e. The second kappa shape index (κ2) is 21.6. The highest BCUT2D eigenvalue weighted by Crippen LogP contribution is 2.16. The first-order valence-corrected chi connectivity index (χ1v) is 12.5. The van der Waals surface area contributed by atoms with Crippen molar-refractivity contribution in [2.24, 2.45) is 11.8 Å². The Morgan fingerprint density at radius 3 is 1.39 bits per heavy atom. The Balaban J connectivity index is 3.55. The molecule has 0 spiro atoms. The first-order valence-electron chi connectivity index (χ1n) is 12.5. The van der Waals surface area contributed by atoms with Gasteiger partial charge in [0.25, 0.3) is 0 Å². The summed E-state index contributed by atoms with van der Waals surface area (Å²) in [5.74, 6) is 1.76. The zero-order chi connectivity index (χ0) is 20.9. The van der Waals surface area contributed by atoms with Gasteiger partial charge in [-0.2, -0.15) is 0 Å². The van der Waals surface area contributed by atoms with E-state index in [1.54, 1.807) is 0 Å². The van der Waals surface area contributed by atoms with Gasteiger partial charge in [-0.1, -0.05) is 105 Å². The van der Waals surface area contributed by atoms with E-state index in [-0.39, 0.29) is 12.9 Å². The van der Waals surface area contributed by atoms with Crippen molar-refractivity contribution in [1.82, 2.24) is 0 Å². The molecular formula is C25H52O3. The molecule has 0 rings (SSSR count). The molecule has 2 unspecified atom stereocenters. The summed E-state index contributed by atoms with van der Waals surface area (Å²) < 4.78 is 11.7. The molecule has 0 bridgehead atoms. The fraction of sp³-hybridized carbons (Fsp3) is 1.00.